The van der Waals surface area contributed by atoms with Gasteiger partial charge >= 0.3 is 0 Å². The molecule has 2 saturated heterocycles. The van der Waals surface area contributed by atoms with Crippen molar-refractivity contribution in [1.82, 2.24) is 9.62 Å². The second-order valence-corrected chi connectivity index (χ2v) is 8.20. The van der Waals surface area contributed by atoms with E-state index in [4.69, 9.17) is 0 Å². The largest absolute Gasteiger partial charge is 0.314 e. The number of rotatable bonds is 3. The SMILES string of the molecule is Cc1ccc(S(=O)(=O)N2CCC(C3CCCN3)CC2)cc1. The van der Waals surface area contributed by atoms with Crippen LogP contribution < -0.4 is 5.32 Å². The zero-order chi connectivity index (χ0) is 14.9. The van der Waals surface area contributed by atoms with Crippen LogP contribution >= 0.6 is 0 Å². The Kier molecular flexibility index (Phi) is 4.33. The molecule has 0 aliphatic carbocycles. The van der Waals surface area contributed by atoms with Gasteiger partial charge in [0.05, 0.1) is 4.90 Å². The second kappa shape index (κ2) is 6.07. The number of benzene rings is 1. The molecule has 4 nitrogen and oxygen atoms in total. The first kappa shape index (κ1) is 15.0. The Bertz CT molecular complexity index is 569. The molecule has 0 aromatic heterocycles. The summed E-state index contributed by atoms with van der Waals surface area (Å²) < 4.78 is 26.9. The molecule has 5 heteroatoms. The summed E-state index contributed by atoms with van der Waals surface area (Å²) in [6.45, 7) is 4.39. The molecule has 2 aliphatic heterocycles. The molecule has 1 unspecified atom stereocenters. The van der Waals surface area contributed by atoms with Crippen LogP contribution in [0.2, 0.25) is 0 Å². The predicted octanol–water partition coefficient (Wildman–Crippen LogP) is 2.15. The molecular weight excluding hydrogens is 284 g/mol. The Labute approximate surface area is 127 Å². The molecule has 21 heavy (non-hydrogen) atoms. The average molecular weight is 308 g/mol. The zero-order valence-electron chi connectivity index (χ0n) is 12.6. The van der Waals surface area contributed by atoms with Crippen molar-refractivity contribution in [3.8, 4) is 0 Å². The van der Waals surface area contributed by atoms with Crippen molar-refractivity contribution < 1.29 is 8.42 Å². The smallest absolute Gasteiger partial charge is 0.243 e. The quantitative estimate of drug-likeness (QED) is 0.931. The molecule has 2 aliphatic rings. The molecule has 1 N–H and O–H groups in total. The normalized spacial score (nSPS) is 25.3. The van der Waals surface area contributed by atoms with Gasteiger partial charge in [-0.1, -0.05) is 17.7 Å². The summed E-state index contributed by atoms with van der Waals surface area (Å²) in [6, 6.07) is 7.77. The van der Waals surface area contributed by atoms with Crippen LogP contribution in [0.5, 0.6) is 0 Å². The third-order valence-corrected chi connectivity index (χ3v) is 6.74. The molecule has 1 aromatic carbocycles. The maximum Gasteiger partial charge on any atom is 0.243 e. The first-order chi connectivity index (χ1) is 10.1. The molecule has 3 rings (SSSR count). The first-order valence-corrected chi connectivity index (χ1v) is 9.31. The summed E-state index contributed by atoms with van der Waals surface area (Å²) in [5.41, 5.74) is 1.08. The van der Waals surface area contributed by atoms with Crippen LogP contribution in [0, 0.1) is 12.8 Å². The lowest BCUT2D eigenvalue weighted by Crippen LogP contribution is -2.43. The second-order valence-electron chi connectivity index (χ2n) is 6.26. The molecule has 1 aromatic rings. The van der Waals surface area contributed by atoms with Gasteiger partial charge in [0.25, 0.3) is 0 Å². The standard InChI is InChI=1S/C16H24N2O2S/c1-13-4-6-15(7-5-13)21(19,20)18-11-8-14(9-12-18)16-3-2-10-17-16/h4-7,14,16-17H,2-3,8-12H2,1H3. The van der Waals surface area contributed by atoms with Gasteiger partial charge in [-0.15, -0.1) is 0 Å². The minimum atomic E-state index is -3.31. The van der Waals surface area contributed by atoms with Gasteiger partial charge < -0.3 is 5.32 Å². The maximum absolute atomic E-state index is 12.6. The van der Waals surface area contributed by atoms with E-state index in [9.17, 15) is 8.42 Å². The van der Waals surface area contributed by atoms with Crippen LogP contribution in [-0.2, 0) is 10.0 Å². The van der Waals surface area contributed by atoms with E-state index in [-0.39, 0.29) is 0 Å². The van der Waals surface area contributed by atoms with Crippen molar-refractivity contribution >= 4 is 10.0 Å². The molecule has 0 radical (unpaired) electrons. The highest BCUT2D eigenvalue weighted by Crippen LogP contribution is 2.28. The highest BCUT2D eigenvalue weighted by atomic mass is 32.2. The summed E-state index contributed by atoms with van der Waals surface area (Å²) in [4.78, 5) is 0.422. The predicted molar refractivity (Wildman–Crippen MR) is 83.7 cm³/mol. The molecule has 0 amide bonds. The average Bonchev–Trinajstić information content (AvgIpc) is 3.02. The van der Waals surface area contributed by atoms with Crippen LogP contribution in [0.4, 0.5) is 0 Å². The van der Waals surface area contributed by atoms with Gasteiger partial charge in [-0.05, 0) is 57.2 Å². The van der Waals surface area contributed by atoms with E-state index in [0.29, 0.717) is 29.9 Å². The number of sulfonamides is 1. The number of hydrogen-bond donors (Lipinski definition) is 1. The van der Waals surface area contributed by atoms with Crippen LogP contribution in [0.3, 0.4) is 0 Å². The molecular formula is C16H24N2O2S. The van der Waals surface area contributed by atoms with Gasteiger partial charge in [-0.3, -0.25) is 0 Å². The Balaban J connectivity index is 1.66. The third kappa shape index (κ3) is 3.15. The van der Waals surface area contributed by atoms with Gasteiger partial charge in [0, 0.05) is 19.1 Å². The van der Waals surface area contributed by atoms with Gasteiger partial charge in [0.2, 0.25) is 10.0 Å². The fraction of sp³-hybridized carbons (Fsp3) is 0.625. The van der Waals surface area contributed by atoms with Crippen molar-refractivity contribution in [2.24, 2.45) is 5.92 Å². The molecule has 0 spiro atoms. The van der Waals surface area contributed by atoms with E-state index >= 15 is 0 Å². The fourth-order valence-corrected chi connectivity index (χ4v) is 4.96. The molecule has 1 atom stereocenters. The monoisotopic (exact) mass is 308 g/mol. The lowest BCUT2D eigenvalue weighted by atomic mass is 9.89. The summed E-state index contributed by atoms with van der Waals surface area (Å²) in [5, 5.41) is 3.55. The van der Waals surface area contributed by atoms with Crippen LogP contribution in [0.25, 0.3) is 0 Å². The van der Waals surface area contributed by atoms with Crippen LogP contribution in [-0.4, -0.2) is 38.4 Å². The molecule has 0 bridgehead atoms. The molecule has 2 fully saturated rings. The van der Waals surface area contributed by atoms with E-state index < -0.39 is 10.0 Å². The number of hydrogen-bond acceptors (Lipinski definition) is 3. The van der Waals surface area contributed by atoms with Crippen LogP contribution in [0.1, 0.15) is 31.2 Å². The van der Waals surface area contributed by atoms with Crippen molar-refractivity contribution in [3.05, 3.63) is 29.8 Å². The minimum Gasteiger partial charge on any atom is -0.314 e. The van der Waals surface area contributed by atoms with E-state index in [1.54, 1.807) is 16.4 Å². The zero-order valence-corrected chi connectivity index (χ0v) is 13.4. The number of nitrogens with one attached hydrogen (secondary N) is 1. The Morgan fingerprint density at radius 1 is 1.10 bits per heavy atom. The van der Waals surface area contributed by atoms with E-state index in [0.717, 1.165) is 24.9 Å². The summed E-state index contributed by atoms with van der Waals surface area (Å²) in [7, 11) is -3.31. The minimum absolute atomic E-state index is 0.422. The topological polar surface area (TPSA) is 49.4 Å². The first-order valence-electron chi connectivity index (χ1n) is 7.87. The van der Waals surface area contributed by atoms with Gasteiger partial charge in [0.1, 0.15) is 0 Å². The number of nitrogens with zero attached hydrogens (tertiary/aromatic N) is 1. The van der Waals surface area contributed by atoms with Crippen molar-refractivity contribution in [2.45, 2.75) is 43.5 Å². The van der Waals surface area contributed by atoms with Gasteiger partial charge in [0.15, 0.2) is 0 Å². The van der Waals surface area contributed by atoms with Gasteiger partial charge in [-0.25, -0.2) is 8.42 Å². The van der Waals surface area contributed by atoms with Gasteiger partial charge in [-0.2, -0.15) is 4.31 Å². The number of aryl methyl sites for hydroxylation is 1. The highest BCUT2D eigenvalue weighted by Gasteiger charge is 2.33. The summed E-state index contributed by atoms with van der Waals surface area (Å²) in [5.74, 6) is 0.636. The molecule has 2 heterocycles. The summed E-state index contributed by atoms with van der Waals surface area (Å²) >= 11 is 0. The van der Waals surface area contributed by atoms with Crippen molar-refractivity contribution in [2.75, 3.05) is 19.6 Å². The molecule has 116 valence electrons. The summed E-state index contributed by atoms with van der Waals surface area (Å²) in [6.07, 6.45) is 4.45. The van der Waals surface area contributed by atoms with Crippen LogP contribution in [0.15, 0.2) is 29.2 Å². The highest BCUT2D eigenvalue weighted by molar-refractivity contribution is 7.89. The lowest BCUT2D eigenvalue weighted by Gasteiger charge is -2.34. The molecule has 0 saturated carbocycles. The Morgan fingerprint density at radius 2 is 1.76 bits per heavy atom. The van der Waals surface area contributed by atoms with E-state index in [1.807, 2.05) is 19.1 Å². The van der Waals surface area contributed by atoms with Crippen molar-refractivity contribution in [3.63, 3.8) is 0 Å². The number of piperidine rings is 1. The Hall–Kier alpha value is -0.910. The lowest BCUT2D eigenvalue weighted by molar-refractivity contribution is 0.234. The fourth-order valence-electron chi connectivity index (χ4n) is 3.49. The van der Waals surface area contributed by atoms with E-state index in [1.165, 1.54) is 12.8 Å². The Morgan fingerprint density at radius 3 is 2.33 bits per heavy atom. The van der Waals surface area contributed by atoms with Crippen molar-refractivity contribution in [1.29, 1.82) is 0 Å². The third-order valence-electron chi connectivity index (χ3n) is 4.82. The van der Waals surface area contributed by atoms with E-state index in [2.05, 4.69) is 5.32 Å². The maximum atomic E-state index is 12.6.